The van der Waals surface area contributed by atoms with Crippen LogP contribution in [0.5, 0.6) is 0 Å². The molecule has 0 aliphatic carbocycles. The highest BCUT2D eigenvalue weighted by atomic mass is 35.5. The lowest BCUT2D eigenvalue weighted by Gasteiger charge is -2.29. The summed E-state index contributed by atoms with van der Waals surface area (Å²) in [4.78, 5) is 14.6. The Balaban J connectivity index is 2.02. The molecule has 1 fully saturated rings. The SMILES string of the molecule is CC(C)(C)C1CCCN(C(=O)c2ccc(CCl)cc2)CC1. The van der Waals surface area contributed by atoms with Crippen molar-refractivity contribution in [1.29, 1.82) is 0 Å². The Morgan fingerprint density at radius 1 is 1.19 bits per heavy atom. The number of benzene rings is 1. The fourth-order valence-corrected chi connectivity index (χ4v) is 3.26. The van der Waals surface area contributed by atoms with E-state index in [0.717, 1.165) is 37.1 Å². The molecule has 1 unspecified atom stereocenters. The van der Waals surface area contributed by atoms with Crippen molar-refractivity contribution in [3.8, 4) is 0 Å². The zero-order valence-corrected chi connectivity index (χ0v) is 14.1. The minimum Gasteiger partial charge on any atom is -0.339 e. The molecule has 0 bridgehead atoms. The second kappa shape index (κ2) is 6.83. The zero-order chi connectivity index (χ0) is 15.5. The monoisotopic (exact) mass is 307 g/mol. The smallest absolute Gasteiger partial charge is 0.253 e. The molecule has 1 aliphatic rings. The van der Waals surface area contributed by atoms with E-state index in [1.54, 1.807) is 0 Å². The van der Waals surface area contributed by atoms with E-state index in [1.807, 2.05) is 29.2 Å². The van der Waals surface area contributed by atoms with Gasteiger partial charge in [-0.2, -0.15) is 0 Å². The molecule has 3 heteroatoms. The van der Waals surface area contributed by atoms with Crippen LogP contribution < -0.4 is 0 Å². The third kappa shape index (κ3) is 4.23. The molecule has 1 amide bonds. The van der Waals surface area contributed by atoms with E-state index in [2.05, 4.69) is 20.8 Å². The maximum Gasteiger partial charge on any atom is 0.253 e. The van der Waals surface area contributed by atoms with Crippen molar-refractivity contribution in [1.82, 2.24) is 4.90 Å². The van der Waals surface area contributed by atoms with Gasteiger partial charge in [0.2, 0.25) is 0 Å². The second-order valence-electron chi connectivity index (χ2n) is 7.12. The van der Waals surface area contributed by atoms with Crippen molar-refractivity contribution in [2.45, 2.75) is 45.9 Å². The first kappa shape index (κ1) is 16.4. The van der Waals surface area contributed by atoms with Crippen LogP contribution in [-0.4, -0.2) is 23.9 Å². The summed E-state index contributed by atoms with van der Waals surface area (Å²) in [6, 6.07) is 7.67. The first-order chi connectivity index (χ1) is 9.91. The van der Waals surface area contributed by atoms with Gasteiger partial charge >= 0.3 is 0 Å². The molecule has 1 aliphatic heterocycles. The first-order valence-corrected chi connectivity index (χ1v) is 8.39. The summed E-state index contributed by atoms with van der Waals surface area (Å²) >= 11 is 5.79. The molecule has 0 saturated carbocycles. The van der Waals surface area contributed by atoms with Gasteiger partial charge in [0.15, 0.2) is 0 Å². The number of likely N-dealkylation sites (tertiary alicyclic amines) is 1. The summed E-state index contributed by atoms with van der Waals surface area (Å²) in [5.41, 5.74) is 2.16. The van der Waals surface area contributed by atoms with Gasteiger partial charge in [-0.05, 0) is 48.3 Å². The summed E-state index contributed by atoms with van der Waals surface area (Å²) in [6.07, 6.45) is 3.43. The lowest BCUT2D eigenvalue weighted by Crippen LogP contribution is -2.32. The van der Waals surface area contributed by atoms with Crippen LogP contribution in [0.25, 0.3) is 0 Å². The van der Waals surface area contributed by atoms with E-state index in [1.165, 1.54) is 6.42 Å². The summed E-state index contributed by atoms with van der Waals surface area (Å²) in [5, 5.41) is 0. The summed E-state index contributed by atoms with van der Waals surface area (Å²) < 4.78 is 0. The van der Waals surface area contributed by atoms with Crippen LogP contribution in [0.4, 0.5) is 0 Å². The first-order valence-electron chi connectivity index (χ1n) is 7.86. The summed E-state index contributed by atoms with van der Waals surface area (Å²) in [5.74, 6) is 1.35. The molecule has 116 valence electrons. The highest BCUT2D eigenvalue weighted by molar-refractivity contribution is 6.17. The normalized spacial score (nSPS) is 20.2. The number of halogens is 1. The van der Waals surface area contributed by atoms with E-state index in [-0.39, 0.29) is 5.91 Å². The van der Waals surface area contributed by atoms with Crippen LogP contribution in [0.3, 0.4) is 0 Å². The quantitative estimate of drug-likeness (QED) is 0.724. The van der Waals surface area contributed by atoms with Crippen molar-refractivity contribution in [2.75, 3.05) is 13.1 Å². The van der Waals surface area contributed by atoms with Crippen LogP contribution in [0.2, 0.25) is 0 Å². The molecule has 0 N–H and O–H groups in total. The van der Waals surface area contributed by atoms with Gasteiger partial charge in [0, 0.05) is 24.5 Å². The standard InChI is InChI=1S/C18H26ClNO/c1-18(2,3)16-5-4-11-20(12-10-16)17(21)15-8-6-14(13-19)7-9-15/h6-9,16H,4-5,10-13H2,1-3H3. The topological polar surface area (TPSA) is 20.3 Å². The van der Waals surface area contributed by atoms with Gasteiger partial charge in [0.1, 0.15) is 0 Å². The highest BCUT2D eigenvalue weighted by Gasteiger charge is 2.28. The summed E-state index contributed by atoms with van der Waals surface area (Å²) in [6.45, 7) is 8.67. The van der Waals surface area contributed by atoms with Gasteiger partial charge in [-0.3, -0.25) is 4.79 Å². The Hall–Kier alpha value is -1.02. The molecule has 0 spiro atoms. The van der Waals surface area contributed by atoms with Gasteiger partial charge in [-0.15, -0.1) is 11.6 Å². The molecule has 1 aromatic carbocycles. The Kier molecular flexibility index (Phi) is 5.32. The molecule has 1 saturated heterocycles. The van der Waals surface area contributed by atoms with Gasteiger partial charge in [0.05, 0.1) is 0 Å². The van der Waals surface area contributed by atoms with Gasteiger partial charge in [-0.25, -0.2) is 0 Å². The molecular formula is C18H26ClNO. The van der Waals surface area contributed by atoms with Crippen LogP contribution >= 0.6 is 11.6 Å². The highest BCUT2D eigenvalue weighted by Crippen LogP contribution is 2.34. The number of nitrogens with zero attached hydrogens (tertiary/aromatic N) is 1. The van der Waals surface area contributed by atoms with Crippen LogP contribution in [0.1, 0.15) is 56.0 Å². The van der Waals surface area contributed by atoms with E-state index in [9.17, 15) is 4.79 Å². The molecule has 21 heavy (non-hydrogen) atoms. The summed E-state index contributed by atoms with van der Waals surface area (Å²) in [7, 11) is 0. The van der Waals surface area contributed by atoms with Gasteiger partial charge in [0.25, 0.3) is 5.91 Å². The average molecular weight is 308 g/mol. The van der Waals surface area contributed by atoms with E-state index in [0.29, 0.717) is 17.2 Å². The van der Waals surface area contributed by atoms with Gasteiger partial charge < -0.3 is 4.90 Å². The molecule has 0 aromatic heterocycles. The van der Waals surface area contributed by atoms with Gasteiger partial charge in [-0.1, -0.05) is 32.9 Å². The largest absolute Gasteiger partial charge is 0.339 e. The van der Waals surface area contributed by atoms with Crippen molar-refractivity contribution < 1.29 is 4.79 Å². The number of hydrogen-bond donors (Lipinski definition) is 0. The van der Waals surface area contributed by atoms with Crippen LogP contribution in [0.15, 0.2) is 24.3 Å². The lowest BCUT2D eigenvalue weighted by atomic mass is 9.77. The average Bonchev–Trinajstić information content (AvgIpc) is 2.72. The molecule has 1 heterocycles. The number of carbonyl (C=O) groups is 1. The number of alkyl halides is 1. The predicted molar refractivity (Wildman–Crippen MR) is 88.7 cm³/mol. The van der Waals surface area contributed by atoms with Crippen molar-refractivity contribution in [3.63, 3.8) is 0 Å². The molecular weight excluding hydrogens is 282 g/mol. The number of carbonyl (C=O) groups excluding carboxylic acids is 1. The molecule has 1 aromatic rings. The Morgan fingerprint density at radius 2 is 1.86 bits per heavy atom. The number of rotatable bonds is 2. The van der Waals surface area contributed by atoms with E-state index < -0.39 is 0 Å². The zero-order valence-electron chi connectivity index (χ0n) is 13.4. The number of hydrogen-bond acceptors (Lipinski definition) is 1. The van der Waals surface area contributed by atoms with E-state index >= 15 is 0 Å². The lowest BCUT2D eigenvalue weighted by molar-refractivity contribution is 0.0755. The molecule has 2 rings (SSSR count). The maximum atomic E-state index is 12.6. The Morgan fingerprint density at radius 3 is 2.43 bits per heavy atom. The molecule has 2 nitrogen and oxygen atoms in total. The predicted octanol–water partition coefficient (Wildman–Crippen LogP) is 4.71. The molecule has 1 atom stereocenters. The Labute approximate surface area is 133 Å². The minimum absolute atomic E-state index is 0.158. The second-order valence-corrected chi connectivity index (χ2v) is 7.38. The fraction of sp³-hybridized carbons (Fsp3) is 0.611. The van der Waals surface area contributed by atoms with Crippen LogP contribution in [-0.2, 0) is 5.88 Å². The number of amides is 1. The van der Waals surface area contributed by atoms with Crippen molar-refractivity contribution in [3.05, 3.63) is 35.4 Å². The van der Waals surface area contributed by atoms with Crippen LogP contribution in [0, 0.1) is 11.3 Å². The maximum absolute atomic E-state index is 12.6. The Bertz CT molecular complexity index is 475. The molecule has 0 radical (unpaired) electrons. The fourth-order valence-electron chi connectivity index (χ4n) is 3.08. The van der Waals surface area contributed by atoms with Crippen molar-refractivity contribution >= 4 is 17.5 Å². The third-order valence-corrected chi connectivity index (χ3v) is 4.90. The minimum atomic E-state index is 0.158. The van der Waals surface area contributed by atoms with E-state index in [4.69, 9.17) is 11.6 Å². The third-order valence-electron chi connectivity index (χ3n) is 4.60. The van der Waals surface area contributed by atoms with Crippen molar-refractivity contribution in [2.24, 2.45) is 11.3 Å².